The summed E-state index contributed by atoms with van der Waals surface area (Å²) < 4.78 is 34.8. The molecule has 4 N–H and O–H groups in total. The molecule has 1 aromatic rings. The molecule has 13 nitrogen and oxygen atoms in total. The van der Waals surface area contributed by atoms with Gasteiger partial charge in [0.15, 0.2) is 11.6 Å². The highest BCUT2D eigenvalue weighted by atomic mass is 32.2. The first kappa shape index (κ1) is 46.4. The van der Waals surface area contributed by atoms with E-state index in [1.54, 1.807) is 12.1 Å². The van der Waals surface area contributed by atoms with E-state index >= 15 is 0 Å². The number of benzene rings is 1. The topological polar surface area (TPSA) is 217 Å². The zero-order valence-corrected chi connectivity index (χ0v) is 37.6. The number of carboxylic acids is 1. The molecule has 11 aliphatic rings. The molecular weight excluding hydrogens is 857 g/mol. The number of nitrogens with zero attached hydrogens (tertiary/aromatic N) is 2. The van der Waals surface area contributed by atoms with Crippen LogP contribution in [0.5, 0.6) is 0 Å². The number of rotatable bonds is 1. The minimum atomic E-state index is -4.02. The van der Waals surface area contributed by atoms with E-state index in [0.717, 1.165) is 86.7 Å². The van der Waals surface area contributed by atoms with E-state index in [1.807, 2.05) is 54.0 Å². The second-order valence-corrected chi connectivity index (χ2v) is 24.1. The average Bonchev–Trinajstić information content (AvgIpc) is 4.16. The van der Waals surface area contributed by atoms with Crippen LogP contribution in [-0.2, 0) is 34.0 Å². The molecule has 3 aliphatic heterocycles. The van der Waals surface area contributed by atoms with Crippen LogP contribution in [0.3, 0.4) is 0 Å². The number of thioether (sulfide) groups is 4. The molecule has 59 heavy (non-hydrogen) atoms. The molecule has 2 spiro atoms. The number of Topliss-reactive ketones (excluding diaryl/α,β-unsaturated/α-hetero) is 3. The van der Waals surface area contributed by atoms with Gasteiger partial charge in [-0.05, 0) is 106 Å². The van der Waals surface area contributed by atoms with E-state index in [2.05, 4.69) is 10.3 Å². The van der Waals surface area contributed by atoms with Crippen molar-refractivity contribution in [2.45, 2.75) is 97.5 Å². The standard InChI is InChI=1S/C8H11NOS2.C8H10OS2.C7H8O3S.C6H7NO2.C6H8O.C4H8O.C2H4O2/c10-9-7-4-5-3-6(5)8(7)11-1-2-12-8;9-7-4-5-3-6(5)8(7)10-1-2-11-8;1-6-2-4-7(5-3-6)11(8,9)10;8-6-4-1-3(4)2-5(6)7-9;7-6-2-1-4-3-5(4)6;1-2-4-5-3-1;1-2(3)4/h5-6,10H,1-4H2;5-6H,1-4H2;2-5H,1H3,(H,8,9,10);3-4,9H,1-2H2;4-5H,1-3H2;1-4H2;1H3,(H,3,4)/b9-7+;;;7-5+;;;/t2*5-,6-;;3-,4-;4-,5+;;/m11.10../s1. The molecule has 0 unspecified atom stereocenters. The molecule has 12 rings (SSSR count). The highest BCUT2D eigenvalue weighted by molar-refractivity contribution is 8.22. The van der Waals surface area contributed by atoms with Gasteiger partial charge in [0.25, 0.3) is 16.1 Å². The third-order valence-corrected chi connectivity index (χ3v) is 20.7. The Balaban J connectivity index is 0.000000119. The number of hydrogen-bond acceptors (Lipinski definition) is 15. The summed E-state index contributed by atoms with van der Waals surface area (Å²) in [7, 11) is -4.02. The van der Waals surface area contributed by atoms with Gasteiger partial charge in [-0.25, -0.2) is 0 Å². The third kappa shape index (κ3) is 11.7. The summed E-state index contributed by atoms with van der Waals surface area (Å²) >= 11 is 7.86. The van der Waals surface area contributed by atoms with Gasteiger partial charge in [0.1, 0.15) is 19.7 Å². The molecule has 8 saturated carbocycles. The number of aryl methyl sites for hydroxylation is 1. The lowest BCUT2D eigenvalue weighted by Gasteiger charge is -2.23. The van der Waals surface area contributed by atoms with Gasteiger partial charge < -0.3 is 20.3 Å². The Morgan fingerprint density at radius 1 is 0.763 bits per heavy atom. The molecule has 326 valence electrons. The largest absolute Gasteiger partial charge is 0.481 e. The first-order valence-electron chi connectivity index (χ1n) is 20.5. The Morgan fingerprint density at radius 3 is 1.66 bits per heavy atom. The first-order valence-corrected chi connectivity index (χ1v) is 25.9. The fourth-order valence-electron chi connectivity index (χ4n) is 8.93. The molecular formula is C41H56N2O11S5. The van der Waals surface area contributed by atoms with Crippen LogP contribution in [-0.4, -0.2) is 108 Å². The number of ether oxygens (including phenoxy) is 1. The van der Waals surface area contributed by atoms with Crippen molar-refractivity contribution >= 4 is 91.9 Å². The summed E-state index contributed by atoms with van der Waals surface area (Å²) in [5, 5.41) is 30.9. The second-order valence-electron chi connectivity index (χ2n) is 16.8. The summed E-state index contributed by atoms with van der Waals surface area (Å²) in [6.45, 7) is 4.92. The predicted molar refractivity (Wildman–Crippen MR) is 233 cm³/mol. The molecule has 3 heterocycles. The summed E-state index contributed by atoms with van der Waals surface area (Å²) in [5.74, 6) is 10.6. The predicted octanol–water partition coefficient (Wildman–Crippen LogP) is 7.34. The van der Waals surface area contributed by atoms with Crippen molar-refractivity contribution in [1.29, 1.82) is 0 Å². The van der Waals surface area contributed by atoms with Crippen molar-refractivity contribution in [2.75, 3.05) is 36.2 Å². The number of fused-ring (bicyclic) bond motifs is 6. The number of ketones is 3. The number of oxime groups is 2. The van der Waals surface area contributed by atoms with Crippen molar-refractivity contribution in [3.8, 4) is 0 Å². The quantitative estimate of drug-likeness (QED) is 0.123. The van der Waals surface area contributed by atoms with Gasteiger partial charge in [-0.2, -0.15) is 8.42 Å². The monoisotopic (exact) mass is 912 g/mol. The van der Waals surface area contributed by atoms with Gasteiger partial charge in [-0.3, -0.25) is 23.7 Å². The fourth-order valence-corrected chi connectivity index (χ4v) is 16.7. The van der Waals surface area contributed by atoms with Gasteiger partial charge in [0, 0.05) is 74.2 Å². The Bertz CT molecular complexity index is 1860. The van der Waals surface area contributed by atoms with Gasteiger partial charge in [0.2, 0.25) is 0 Å². The maximum Gasteiger partial charge on any atom is 0.300 e. The fraction of sp³-hybridized carbons (Fsp3) is 0.707. The summed E-state index contributed by atoms with van der Waals surface area (Å²) in [6, 6.07) is 5.99. The van der Waals surface area contributed by atoms with Gasteiger partial charge in [-0.15, -0.1) is 47.0 Å². The van der Waals surface area contributed by atoms with Crippen LogP contribution < -0.4 is 0 Å². The number of carboxylic acid groups (broad SMARTS) is 1. The van der Waals surface area contributed by atoms with Crippen molar-refractivity contribution in [3.63, 3.8) is 0 Å². The minimum Gasteiger partial charge on any atom is -0.481 e. The highest BCUT2D eigenvalue weighted by Crippen LogP contribution is 2.68. The van der Waals surface area contributed by atoms with Crippen LogP contribution >= 0.6 is 47.0 Å². The number of hydrogen-bond donors (Lipinski definition) is 4. The molecule has 8 atom stereocenters. The maximum absolute atomic E-state index is 11.6. The molecule has 0 aromatic heterocycles. The Hall–Kier alpha value is -2.09. The highest BCUT2D eigenvalue weighted by Gasteiger charge is 2.65. The molecule has 0 amide bonds. The van der Waals surface area contributed by atoms with Gasteiger partial charge >= 0.3 is 0 Å². The summed E-state index contributed by atoms with van der Waals surface area (Å²) in [4.78, 5) is 42.0. The zero-order valence-electron chi connectivity index (χ0n) is 33.5. The van der Waals surface area contributed by atoms with E-state index in [1.165, 1.54) is 73.7 Å². The second kappa shape index (κ2) is 20.0. The molecule has 18 heteroatoms. The van der Waals surface area contributed by atoms with Crippen LogP contribution in [0.25, 0.3) is 0 Å². The Labute approximate surface area is 363 Å². The number of carbonyl (C=O) groups is 4. The van der Waals surface area contributed by atoms with Crippen molar-refractivity contribution in [1.82, 2.24) is 0 Å². The smallest absolute Gasteiger partial charge is 0.300 e. The van der Waals surface area contributed by atoms with Crippen LogP contribution in [0.4, 0.5) is 0 Å². The Morgan fingerprint density at radius 2 is 1.31 bits per heavy atom. The van der Waals surface area contributed by atoms with Crippen molar-refractivity contribution in [2.24, 2.45) is 57.7 Å². The van der Waals surface area contributed by atoms with Gasteiger partial charge in [-0.1, -0.05) is 28.0 Å². The van der Waals surface area contributed by atoms with E-state index in [9.17, 15) is 22.8 Å². The average molecular weight is 913 g/mol. The van der Waals surface area contributed by atoms with Crippen molar-refractivity contribution < 1.29 is 52.4 Å². The van der Waals surface area contributed by atoms with E-state index in [0.29, 0.717) is 35.5 Å². The molecule has 1 aromatic carbocycles. The van der Waals surface area contributed by atoms with Gasteiger partial charge in [0.05, 0.1) is 10.6 Å². The Kier molecular flexibility index (Phi) is 15.7. The maximum atomic E-state index is 11.6. The van der Waals surface area contributed by atoms with E-state index in [4.69, 9.17) is 29.6 Å². The molecule has 0 bridgehead atoms. The lowest BCUT2D eigenvalue weighted by Crippen LogP contribution is -2.27. The zero-order chi connectivity index (χ0) is 42.5. The van der Waals surface area contributed by atoms with Crippen LogP contribution in [0.2, 0.25) is 0 Å². The SMILES string of the molecule is C1CCOC1.CC(=O)O.Cc1ccc(S(=O)(=O)O)cc1.O/N=C1\C[C@H]2C[C@H]2C12SCCS2.O=C1/C(=N/O)C[C@H]2C[C@@H]12.O=C1CC[C@H]2C[C@@H]12.O=C1C[C@H]2C[C@H]2C12SCCS2. The summed E-state index contributed by atoms with van der Waals surface area (Å²) in [6.07, 6.45) is 12.3. The van der Waals surface area contributed by atoms with Crippen molar-refractivity contribution in [3.05, 3.63) is 29.8 Å². The normalized spacial score (nSPS) is 34.4. The number of carbonyl (C=O) groups excluding carboxylic acids is 3. The first-order chi connectivity index (χ1) is 28.1. The molecule has 11 fully saturated rings. The lowest BCUT2D eigenvalue weighted by atomic mass is 10.2. The molecule has 8 aliphatic carbocycles. The van der Waals surface area contributed by atoms with E-state index in [-0.39, 0.29) is 24.8 Å². The lowest BCUT2D eigenvalue weighted by molar-refractivity contribution is -0.134. The molecule has 0 radical (unpaired) electrons. The van der Waals surface area contributed by atoms with E-state index < -0.39 is 16.1 Å². The molecule has 3 saturated heterocycles. The third-order valence-electron chi connectivity index (χ3n) is 12.4. The number of aliphatic carboxylic acids is 1. The van der Waals surface area contributed by atoms with Crippen LogP contribution in [0.15, 0.2) is 39.5 Å². The van der Waals surface area contributed by atoms with Crippen LogP contribution in [0, 0.1) is 54.3 Å². The van der Waals surface area contributed by atoms with Crippen LogP contribution in [0.1, 0.15) is 83.1 Å². The summed E-state index contributed by atoms with van der Waals surface area (Å²) in [5.41, 5.74) is 2.41. The minimum absolute atomic E-state index is 0.0666.